The van der Waals surface area contributed by atoms with Gasteiger partial charge in [0.2, 0.25) is 0 Å². The molecule has 1 N–H and O–H groups in total. The van der Waals surface area contributed by atoms with Crippen LogP contribution in [-0.2, 0) is 6.42 Å². The Morgan fingerprint density at radius 3 is 3.11 bits per heavy atom. The molecule has 1 aromatic carbocycles. The average molecular weight is 247 g/mol. The molecule has 1 aromatic rings. The fourth-order valence-corrected chi connectivity index (χ4v) is 2.18. The van der Waals surface area contributed by atoms with Crippen molar-refractivity contribution in [3.05, 3.63) is 29.3 Å². The molecule has 0 fully saturated rings. The van der Waals surface area contributed by atoms with Crippen LogP contribution in [0.5, 0.6) is 5.75 Å². The predicted octanol–water partition coefficient (Wildman–Crippen LogP) is 2.93. The van der Waals surface area contributed by atoms with Crippen LogP contribution in [0.4, 0.5) is 0 Å². The molecule has 0 saturated heterocycles. The number of hydrogen-bond donors (Lipinski definition) is 1. The second-order valence-corrected chi connectivity index (χ2v) is 4.74. The van der Waals surface area contributed by atoms with E-state index in [1.54, 1.807) is 0 Å². The number of rotatable bonds is 5. The minimum absolute atomic E-state index is 0.0273. The summed E-state index contributed by atoms with van der Waals surface area (Å²) in [5, 5.41) is 2.96. The first-order chi connectivity index (χ1) is 8.81. The topological polar surface area (TPSA) is 38.3 Å². The van der Waals surface area contributed by atoms with E-state index in [0.717, 1.165) is 55.7 Å². The number of unbranched alkanes of at least 4 members (excludes halogenated alkanes) is 2. The lowest BCUT2D eigenvalue weighted by Crippen LogP contribution is -2.24. The quantitative estimate of drug-likeness (QED) is 0.812. The first-order valence-corrected chi connectivity index (χ1v) is 6.85. The van der Waals surface area contributed by atoms with Gasteiger partial charge in [-0.1, -0.05) is 19.8 Å². The third-order valence-corrected chi connectivity index (χ3v) is 3.24. The maximum atomic E-state index is 11.9. The number of amides is 1. The molecule has 3 heteroatoms. The zero-order valence-electron chi connectivity index (χ0n) is 11.0. The number of ether oxygens (including phenoxy) is 1. The van der Waals surface area contributed by atoms with Gasteiger partial charge in [0.15, 0.2) is 0 Å². The molecule has 0 aliphatic carbocycles. The minimum atomic E-state index is 0.0273. The smallest absolute Gasteiger partial charge is 0.251 e. The zero-order chi connectivity index (χ0) is 12.8. The van der Waals surface area contributed by atoms with Crippen molar-refractivity contribution in [1.29, 1.82) is 0 Å². The van der Waals surface area contributed by atoms with Crippen LogP contribution >= 0.6 is 0 Å². The Bertz CT molecular complexity index is 415. The van der Waals surface area contributed by atoms with Crippen LogP contribution in [0.25, 0.3) is 0 Å². The van der Waals surface area contributed by atoms with Gasteiger partial charge < -0.3 is 10.1 Å². The zero-order valence-corrected chi connectivity index (χ0v) is 11.0. The van der Waals surface area contributed by atoms with Gasteiger partial charge in [-0.05, 0) is 43.0 Å². The van der Waals surface area contributed by atoms with Gasteiger partial charge in [0.25, 0.3) is 5.91 Å². The summed E-state index contributed by atoms with van der Waals surface area (Å²) in [7, 11) is 0. The van der Waals surface area contributed by atoms with Crippen molar-refractivity contribution in [3.63, 3.8) is 0 Å². The molecule has 0 spiro atoms. The molecule has 0 unspecified atom stereocenters. The number of hydrogen-bond acceptors (Lipinski definition) is 2. The summed E-state index contributed by atoms with van der Waals surface area (Å²) in [5.74, 6) is 0.961. The standard InChI is InChI=1S/C15H21NO2/c1-2-3-4-9-16-15(17)13-7-8-14-12(11-13)6-5-10-18-14/h7-8,11H,2-6,9-10H2,1H3,(H,16,17). The van der Waals surface area contributed by atoms with E-state index in [1.807, 2.05) is 18.2 Å². The van der Waals surface area contributed by atoms with Crippen LogP contribution in [0.1, 0.15) is 48.5 Å². The Kier molecular flexibility index (Phi) is 4.62. The van der Waals surface area contributed by atoms with Crippen LogP contribution in [0.3, 0.4) is 0 Å². The SMILES string of the molecule is CCCCCNC(=O)c1ccc2c(c1)CCCO2. The summed E-state index contributed by atoms with van der Waals surface area (Å²) in [6.07, 6.45) is 5.43. The van der Waals surface area contributed by atoms with Gasteiger partial charge in [0, 0.05) is 12.1 Å². The highest BCUT2D eigenvalue weighted by molar-refractivity contribution is 5.94. The molecular formula is C15H21NO2. The van der Waals surface area contributed by atoms with E-state index < -0.39 is 0 Å². The largest absolute Gasteiger partial charge is 0.493 e. The van der Waals surface area contributed by atoms with Crippen LogP contribution in [0, 0.1) is 0 Å². The molecule has 0 bridgehead atoms. The van der Waals surface area contributed by atoms with E-state index >= 15 is 0 Å². The molecule has 0 aromatic heterocycles. The van der Waals surface area contributed by atoms with E-state index in [9.17, 15) is 4.79 Å². The fourth-order valence-electron chi connectivity index (χ4n) is 2.18. The van der Waals surface area contributed by atoms with E-state index in [-0.39, 0.29) is 5.91 Å². The molecule has 0 radical (unpaired) electrons. The van der Waals surface area contributed by atoms with Gasteiger partial charge >= 0.3 is 0 Å². The summed E-state index contributed by atoms with van der Waals surface area (Å²) < 4.78 is 5.54. The first-order valence-electron chi connectivity index (χ1n) is 6.85. The number of fused-ring (bicyclic) bond motifs is 1. The molecule has 3 nitrogen and oxygen atoms in total. The van der Waals surface area contributed by atoms with Gasteiger partial charge in [-0.2, -0.15) is 0 Å². The van der Waals surface area contributed by atoms with Gasteiger partial charge in [-0.15, -0.1) is 0 Å². The first kappa shape index (κ1) is 12.9. The minimum Gasteiger partial charge on any atom is -0.493 e. The highest BCUT2D eigenvalue weighted by atomic mass is 16.5. The maximum absolute atomic E-state index is 11.9. The maximum Gasteiger partial charge on any atom is 0.251 e. The second kappa shape index (κ2) is 6.43. The monoisotopic (exact) mass is 247 g/mol. The average Bonchev–Trinajstić information content (AvgIpc) is 2.43. The molecule has 0 atom stereocenters. The van der Waals surface area contributed by atoms with Crippen LogP contribution < -0.4 is 10.1 Å². The van der Waals surface area contributed by atoms with Crippen molar-refractivity contribution in [3.8, 4) is 5.75 Å². The molecule has 1 amide bonds. The van der Waals surface area contributed by atoms with E-state index in [1.165, 1.54) is 6.42 Å². The summed E-state index contributed by atoms with van der Waals surface area (Å²) in [5.41, 5.74) is 1.90. The van der Waals surface area contributed by atoms with Crippen molar-refractivity contribution in [2.45, 2.75) is 39.0 Å². The lowest BCUT2D eigenvalue weighted by atomic mass is 10.0. The lowest BCUT2D eigenvalue weighted by Gasteiger charge is -2.17. The highest BCUT2D eigenvalue weighted by Gasteiger charge is 2.13. The summed E-state index contributed by atoms with van der Waals surface area (Å²) in [6, 6.07) is 5.72. The predicted molar refractivity (Wildman–Crippen MR) is 72.1 cm³/mol. The number of carbonyl (C=O) groups is 1. The van der Waals surface area contributed by atoms with Crippen molar-refractivity contribution in [2.24, 2.45) is 0 Å². The molecule has 1 heterocycles. The summed E-state index contributed by atoms with van der Waals surface area (Å²) in [6.45, 7) is 3.71. The number of nitrogens with one attached hydrogen (secondary N) is 1. The Hall–Kier alpha value is -1.51. The number of aryl methyl sites for hydroxylation is 1. The van der Waals surface area contributed by atoms with Gasteiger partial charge in [0.1, 0.15) is 5.75 Å². The Balaban J connectivity index is 1.94. The summed E-state index contributed by atoms with van der Waals surface area (Å²) in [4.78, 5) is 11.9. The molecule has 0 saturated carbocycles. The Morgan fingerprint density at radius 2 is 2.28 bits per heavy atom. The Labute approximate surface area is 109 Å². The third-order valence-electron chi connectivity index (χ3n) is 3.24. The van der Waals surface area contributed by atoms with Gasteiger partial charge in [0.05, 0.1) is 6.61 Å². The van der Waals surface area contributed by atoms with Crippen LogP contribution in [0.2, 0.25) is 0 Å². The molecule has 1 aliphatic heterocycles. The van der Waals surface area contributed by atoms with Crippen molar-refractivity contribution in [2.75, 3.05) is 13.2 Å². The van der Waals surface area contributed by atoms with Gasteiger partial charge in [-0.25, -0.2) is 0 Å². The normalized spacial score (nSPS) is 13.6. The van der Waals surface area contributed by atoms with Gasteiger partial charge in [-0.3, -0.25) is 4.79 Å². The van der Waals surface area contributed by atoms with Crippen LogP contribution in [0.15, 0.2) is 18.2 Å². The number of carbonyl (C=O) groups excluding carboxylic acids is 1. The van der Waals surface area contributed by atoms with E-state index in [4.69, 9.17) is 4.74 Å². The van der Waals surface area contributed by atoms with Crippen LogP contribution in [-0.4, -0.2) is 19.1 Å². The molecule has 1 aliphatic rings. The van der Waals surface area contributed by atoms with E-state index in [0.29, 0.717) is 0 Å². The molecule has 98 valence electrons. The fraction of sp³-hybridized carbons (Fsp3) is 0.533. The Morgan fingerprint density at radius 1 is 1.39 bits per heavy atom. The number of benzene rings is 1. The molecular weight excluding hydrogens is 226 g/mol. The summed E-state index contributed by atoms with van der Waals surface area (Å²) >= 11 is 0. The second-order valence-electron chi connectivity index (χ2n) is 4.74. The van der Waals surface area contributed by atoms with Crippen molar-refractivity contribution >= 4 is 5.91 Å². The van der Waals surface area contributed by atoms with Crippen molar-refractivity contribution < 1.29 is 9.53 Å². The van der Waals surface area contributed by atoms with Crippen molar-refractivity contribution in [1.82, 2.24) is 5.32 Å². The highest BCUT2D eigenvalue weighted by Crippen LogP contribution is 2.25. The molecule has 2 rings (SSSR count). The van der Waals surface area contributed by atoms with E-state index in [2.05, 4.69) is 12.2 Å². The molecule has 18 heavy (non-hydrogen) atoms. The third kappa shape index (κ3) is 3.25. The lowest BCUT2D eigenvalue weighted by molar-refractivity contribution is 0.0952.